The van der Waals surface area contributed by atoms with Crippen LogP contribution in [0.4, 0.5) is 17.1 Å². The highest BCUT2D eigenvalue weighted by atomic mass is 16.5. The number of ether oxygens (including phenoxy) is 1. The molecule has 1 amide bonds. The van der Waals surface area contributed by atoms with Gasteiger partial charge in [0.25, 0.3) is 5.91 Å². The lowest BCUT2D eigenvalue weighted by Gasteiger charge is -2.14. The van der Waals surface area contributed by atoms with E-state index in [0.717, 1.165) is 22.3 Å². The molecule has 2 aromatic carbocycles. The summed E-state index contributed by atoms with van der Waals surface area (Å²) < 4.78 is 5.75. The van der Waals surface area contributed by atoms with Crippen molar-refractivity contribution in [2.75, 3.05) is 10.6 Å². The van der Waals surface area contributed by atoms with Crippen LogP contribution in [0.1, 0.15) is 24.3 Å². The van der Waals surface area contributed by atoms with Gasteiger partial charge in [0.05, 0.1) is 34.9 Å². The average Bonchev–Trinajstić information content (AvgIpc) is 2.75. The molecule has 30 heavy (non-hydrogen) atoms. The monoisotopic (exact) mass is 398 g/mol. The summed E-state index contributed by atoms with van der Waals surface area (Å²) in [5.74, 6) is 0.329. The Bertz CT molecular complexity index is 1170. The van der Waals surface area contributed by atoms with Gasteiger partial charge in [-0.25, -0.2) is 4.98 Å². The van der Waals surface area contributed by atoms with Crippen molar-refractivity contribution < 1.29 is 9.53 Å². The number of aromatic nitrogens is 2. The summed E-state index contributed by atoms with van der Waals surface area (Å²) in [5.41, 5.74) is 3.46. The number of benzene rings is 2. The summed E-state index contributed by atoms with van der Waals surface area (Å²) in [5, 5.41) is 7.24. The van der Waals surface area contributed by atoms with E-state index in [2.05, 4.69) is 20.6 Å². The zero-order valence-electron chi connectivity index (χ0n) is 16.8. The fraction of sp³-hybridized carbons (Fsp3) is 0.125. The lowest BCUT2D eigenvalue weighted by Crippen LogP contribution is -2.15. The predicted molar refractivity (Wildman–Crippen MR) is 119 cm³/mol. The van der Waals surface area contributed by atoms with E-state index < -0.39 is 0 Å². The number of carbonyl (C=O) groups is 1. The van der Waals surface area contributed by atoms with Gasteiger partial charge in [-0.1, -0.05) is 30.3 Å². The van der Waals surface area contributed by atoms with Crippen LogP contribution in [0.25, 0.3) is 10.9 Å². The SMILES string of the molecule is CC(C)Oc1ccccc1NC(=O)c1ccc(Nc2cccc3cccnc23)cn1. The number of para-hydroxylation sites is 3. The van der Waals surface area contributed by atoms with Gasteiger partial charge in [0, 0.05) is 11.6 Å². The topological polar surface area (TPSA) is 76.1 Å². The van der Waals surface area contributed by atoms with Crippen LogP contribution in [0.2, 0.25) is 0 Å². The van der Waals surface area contributed by atoms with Crippen molar-refractivity contribution in [3.8, 4) is 5.75 Å². The second kappa shape index (κ2) is 8.61. The van der Waals surface area contributed by atoms with Crippen LogP contribution in [-0.4, -0.2) is 22.0 Å². The molecule has 0 saturated heterocycles. The number of nitrogens with one attached hydrogen (secondary N) is 2. The molecule has 0 aliphatic heterocycles. The highest BCUT2D eigenvalue weighted by molar-refractivity contribution is 6.03. The van der Waals surface area contributed by atoms with E-state index in [4.69, 9.17) is 4.74 Å². The number of hydrogen-bond acceptors (Lipinski definition) is 5. The van der Waals surface area contributed by atoms with E-state index in [1.165, 1.54) is 0 Å². The number of hydrogen-bond donors (Lipinski definition) is 2. The second-order valence-corrected chi connectivity index (χ2v) is 7.05. The highest BCUT2D eigenvalue weighted by Crippen LogP contribution is 2.26. The van der Waals surface area contributed by atoms with Crippen LogP contribution < -0.4 is 15.4 Å². The minimum atomic E-state index is -0.298. The fourth-order valence-electron chi connectivity index (χ4n) is 3.08. The standard InChI is InChI=1S/C24H22N4O2/c1-16(2)30-22-11-4-3-9-19(22)28-24(29)21-13-12-18(15-26-21)27-20-10-5-7-17-8-6-14-25-23(17)20/h3-16,27H,1-2H3,(H,28,29). The van der Waals surface area contributed by atoms with Gasteiger partial charge >= 0.3 is 0 Å². The molecule has 0 fully saturated rings. The average molecular weight is 398 g/mol. The van der Waals surface area contributed by atoms with Gasteiger partial charge in [0.2, 0.25) is 0 Å². The van der Waals surface area contributed by atoms with Crippen LogP contribution in [-0.2, 0) is 0 Å². The molecule has 6 heteroatoms. The molecule has 0 saturated carbocycles. The Labute approximate surface area is 175 Å². The van der Waals surface area contributed by atoms with Gasteiger partial charge < -0.3 is 15.4 Å². The van der Waals surface area contributed by atoms with Crippen molar-refractivity contribution in [1.29, 1.82) is 0 Å². The first-order valence-corrected chi connectivity index (χ1v) is 9.74. The van der Waals surface area contributed by atoms with Crippen molar-refractivity contribution in [1.82, 2.24) is 9.97 Å². The molecule has 0 radical (unpaired) electrons. The Morgan fingerprint density at radius 2 is 1.70 bits per heavy atom. The van der Waals surface area contributed by atoms with Crippen molar-refractivity contribution >= 4 is 33.9 Å². The van der Waals surface area contributed by atoms with Crippen molar-refractivity contribution in [2.24, 2.45) is 0 Å². The molecule has 0 aliphatic carbocycles. The first-order chi connectivity index (χ1) is 14.6. The molecular weight excluding hydrogens is 376 g/mol. The van der Waals surface area contributed by atoms with Gasteiger partial charge in [-0.15, -0.1) is 0 Å². The Hall–Kier alpha value is -3.93. The second-order valence-electron chi connectivity index (χ2n) is 7.05. The predicted octanol–water partition coefficient (Wildman–Crippen LogP) is 5.41. The Morgan fingerprint density at radius 1 is 0.900 bits per heavy atom. The summed E-state index contributed by atoms with van der Waals surface area (Å²) in [6.07, 6.45) is 3.41. The lowest BCUT2D eigenvalue weighted by atomic mass is 10.2. The first-order valence-electron chi connectivity index (χ1n) is 9.74. The van der Waals surface area contributed by atoms with Crippen LogP contribution in [0.5, 0.6) is 5.75 Å². The molecule has 2 heterocycles. The molecule has 0 spiro atoms. The van der Waals surface area contributed by atoms with Gasteiger partial charge in [0.1, 0.15) is 11.4 Å². The molecule has 2 N–H and O–H groups in total. The van der Waals surface area contributed by atoms with Gasteiger partial charge in [-0.2, -0.15) is 0 Å². The normalized spacial score (nSPS) is 10.8. The van der Waals surface area contributed by atoms with E-state index in [0.29, 0.717) is 17.1 Å². The molecule has 4 aromatic rings. The lowest BCUT2D eigenvalue weighted by molar-refractivity contribution is 0.102. The molecule has 6 nitrogen and oxygen atoms in total. The van der Waals surface area contributed by atoms with Crippen molar-refractivity contribution in [2.45, 2.75) is 20.0 Å². The van der Waals surface area contributed by atoms with Crippen LogP contribution in [0.3, 0.4) is 0 Å². The number of rotatable bonds is 6. The Balaban J connectivity index is 1.49. The van der Waals surface area contributed by atoms with E-state index in [9.17, 15) is 4.79 Å². The summed E-state index contributed by atoms with van der Waals surface area (Å²) in [7, 11) is 0. The highest BCUT2D eigenvalue weighted by Gasteiger charge is 2.12. The number of carbonyl (C=O) groups excluding carboxylic acids is 1. The number of anilines is 3. The first kappa shape index (κ1) is 19.4. The van der Waals surface area contributed by atoms with Crippen LogP contribution in [0, 0.1) is 0 Å². The molecular formula is C24H22N4O2. The minimum Gasteiger partial charge on any atom is -0.489 e. The van der Waals surface area contributed by atoms with Crippen molar-refractivity contribution in [3.63, 3.8) is 0 Å². The van der Waals surface area contributed by atoms with Gasteiger partial charge in [-0.05, 0) is 50.2 Å². The van der Waals surface area contributed by atoms with Crippen molar-refractivity contribution in [3.05, 3.63) is 84.8 Å². The molecule has 4 rings (SSSR count). The van der Waals surface area contributed by atoms with Gasteiger partial charge in [0.15, 0.2) is 0 Å². The third-order valence-electron chi connectivity index (χ3n) is 4.41. The summed E-state index contributed by atoms with van der Waals surface area (Å²) in [6, 6.07) is 20.7. The summed E-state index contributed by atoms with van der Waals surface area (Å²) >= 11 is 0. The molecule has 0 unspecified atom stereocenters. The van der Waals surface area contributed by atoms with E-state index in [1.54, 1.807) is 24.5 Å². The maximum atomic E-state index is 12.6. The Kier molecular flexibility index (Phi) is 5.57. The van der Waals surface area contributed by atoms with Crippen LogP contribution in [0.15, 0.2) is 79.1 Å². The zero-order chi connectivity index (χ0) is 20.9. The molecule has 0 bridgehead atoms. The quantitative estimate of drug-likeness (QED) is 0.454. The smallest absolute Gasteiger partial charge is 0.274 e. The maximum absolute atomic E-state index is 12.6. The van der Waals surface area contributed by atoms with Crippen LogP contribution >= 0.6 is 0 Å². The number of fused-ring (bicyclic) bond motifs is 1. The zero-order valence-corrected chi connectivity index (χ0v) is 16.8. The van der Waals surface area contributed by atoms with E-state index in [-0.39, 0.29) is 12.0 Å². The van der Waals surface area contributed by atoms with E-state index >= 15 is 0 Å². The molecule has 150 valence electrons. The number of pyridine rings is 2. The third kappa shape index (κ3) is 4.38. The summed E-state index contributed by atoms with van der Waals surface area (Å²) in [6.45, 7) is 3.88. The minimum absolute atomic E-state index is 0.00934. The van der Waals surface area contributed by atoms with Gasteiger partial charge in [-0.3, -0.25) is 9.78 Å². The molecule has 2 aromatic heterocycles. The number of amides is 1. The fourth-order valence-corrected chi connectivity index (χ4v) is 3.08. The largest absolute Gasteiger partial charge is 0.489 e. The van der Waals surface area contributed by atoms with E-state index in [1.807, 2.05) is 68.4 Å². The number of nitrogens with zero attached hydrogens (tertiary/aromatic N) is 2. The molecule has 0 aliphatic rings. The Morgan fingerprint density at radius 3 is 2.50 bits per heavy atom. The maximum Gasteiger partial charge on any atom is 0.274 e. The third-order valence-corrected chi connectivity index (χ3v) is 4.41. The molecule has 0 atom stereocenters. The summed E-state index contributed by atoms with van der Waals surface area (Å²) in [4.78, 5) is 21.4.